The van der Waals surface area contributed by atoms with E-state index in [9.17, 15) is 15.0 Å². The zero-order valence-electron chi connectivity index (χ0n) is 21.5. The zero-order valence-corrected chi connectivity index (χ0v) is 22.3. The minimum absolute atomic E-state index is 0.223. The van der Waals surface area contributed by atoms with Gasteiger partial charge in [0.1, 0.15) is 36.3 Å². The summed E-state index contributed by atoms with van der Waals surface area (Å²) in [5.41, 5.74) is 8.13. The molecule has 40 heavy (non-hydrogen) atoms. The number of nitrogens with zero attached hydrogens (tertiary/aromatic N) is 4. The van der Waals surface area contributed by atoms with Crippen molar-refractivity contribution in [3.8, 4) is 17.2 Å². The van der Waals surface area contributed by atoms with Crippen molar-refractivity contribution in [3.63, 3.8) is 0 Å². The maximum Gasteiger partial charge on any atom is 0.334 e. The summed E-state index contributed by atoms with van der Waals surface area (Å²) < 4.78 is 23.8. The summed E-state index contributed by atoms with van der Waals surface area (Å²) in [4.78, 5) is 24.4. The number of fused-ring (bicyclic) bond motifs is 1. The quantitative estimate of drug-likeness (QED) is 0.219. The summed E-state index contributed by atoms with van der Waals surface area (Å²) in [7, 11) is 3.18. The molecule has 0 spiro atoms. The molecule has 2 aromatic carbocycles. The number of aromatic nitrogens is 4. The molecule has 0 amide bonds. The molecule has 0 aliphatic carbocycles. The topological polar surface area (TPSA) is 176 Å². The molecule has 5 rings (SSSR count). The lowest BCUT2D eigenvalue weighted by atomic mass is 10.1. The van der Waals surface area contributed by atoms with Crippen molar-refractivity contribution in [3.05, 3.63) is 65.2 Å². The van der Waals surface area contributed by atoms with Gasteiger partial charge in [0.15, 0.2) is 29.3 Å². The number of carboxylic acids is 1. The van der Waals surface area contributed by atoms with Crippen molar-refractivity contribution in [2.24, 2.45) is 5.73 Å². The molecule has 1 aliphatic rings. The second-order valence-corrected chi connectivity index (χ2v) is 9.41. The summed E-state index contributed by atoms with van der Waals surface area (Å²) in [6, 6.07) is 9.64. The van der Waals surface area contributed by atoms with Gasteiger partial charge in [-0.25, -0.2) is 19.7 Å². The number of aliphatic carboxylic acids is 1. The molecule has 5 N–H and O–H groups in total. The van der Waals surface area contributed by atoms with Gasteiger partial charge in [0.25, 0.3) is 0 Å². The lowest BCUT2D eigenvalue weighted by molar-refractivity contribution is -0.152. The van der Waals surface area contributed by atoms with E-state index in [4.69, 9.17) is 36.3 Å². The molecule has 4 aromatic rings. The molecule has 1 aliphatic heterocycles. The van der Waals surface area contributed by atoms with Crippen LogP contribution in [0.15, 0.2) is 49.1 Å². The number of nitrogens with two attached hydrogens (primary N) is 1. The van der Waals surface area contributed by atoms with Crippen LogP contribution in [0.25, 0.3) is 11.2 Å². The van der Waals surface area contributed by atoms with Gasteiger partial charge < -0.3 is 40.2 Å². The van der Waals surface area contributed by atoms with E-state index in [1.807, 2.05) is 18.2 Å². The number of hydrogen-bond acceptors (Lipinski definition) is 11. The molecule has 0 bridgehead atoms. The minimum atomic E-state index is -1.37. The Bertz CT molecular complexity index is 1530. The number of nitrogens with one attached hydrogen (secondary N) is 1. The molecule has 0 radical (unpaired) electrons. The molecule has 13 nitrogen and oxygen atoms in total. The van der Waals surface area contributed by atoms with Gasteiger partial charge in [-0.15, -0.1) is 0 Å². The molecule has 4 unspecified atom stereocenters. The zero-order chi connectivity index (χ0) is 28.4. The standard InChI is InChI=1S/C26H27ClN6O7/c1-37-16-4-6-17(38-2)14(8-16)10-39-18-5-3-15(27)7-13(18)9-29-23-20-24(31-11-30-23)33(12-32-20)25-21(34)19(28)22(40-25)26(35)36/h3-8,11-12,19,21-22,25,34H,9-10,28H2,1-2H3,(H,35,36)(H,29,30,31). The minimum Gasteiger partial charge on any atom is -0.497 e. The van der Waals surface area contributed by atoms with Gasteiger partial charge >= 0.3 is 5.97 Å². The van der Waals surface area contributed by atoms with Gasteiger partial charge in [0.2, 0.25) is 0 Å². The van der Waals surface area contributed by atoms with Gasteiger partial charge in [-0.3, -0.25) is 4.57 Å². The van der Waals surface area contributed by atoms with Crippen LogP contribution in [0.3, 0.4) is 0 Å². The van der Waals surface area contributed by atoms with Gasteiger partial charge in [0, 0.05) is 22.7 Å². The average Bonchev–Trinajstić information content (AvgIpc) is 3.52. The number of rotatable bonds is 10. The van der Waals surface area contributed by atoms with Crippen LogP contribution < -0.4 is 25.3 Å². The van der Waals surface area contributed by atoms with Gasteiger partial charge in [0.05, 0.1) is 26.6 Å². The molecule has 0 saturated carbocycles. The summed E-state index contributed by atoms with van der Waals surface area (Å²) in [5.74, 6) is 1.07. The first-order valence-corrected chi connectivity index (χ1v) is 12.5. The highest BCUT2D eigenvalue weighted by Crippen LogP contribution is 2.32. The van der Waals surface area contributed by atoms with E-state index in [0.29, 0.717) is 39.3 Å². The number of benzene rings is 2. The molecule has 4 atom stereocenters. The number of imidazole rings is 1. The number of hydrogen-bond donors (Lipinski definition) is 4. The van der Waals surface area contributed by atoms with E-state index < -0.39 is 30.4 Å². The average molecular weight is 571 g/mol. The maximum atomic E-state index is 11.4. The smallest absolute Gasteiger partial charge is 0.334 e. The Hall–Kier alpha value is -4.17. The first-order valence-electron chi connectivity index (χ1n) is 12.2. The fourth-order valence-electron chi connectivity index (χ4n) is 4.47. The predicted octanol–water partition coefficient (Wildman–Crippen LogP) is 2.36. The summed E-state index contributed by atoms with van der Waals surface area (Å²) in [6.07, 6.45) is -1.01. The summed E-state index contributed by atoms with van der Waals surface area (Å²) in [5, 5.41) is 23.6. The Balaban J connectivity index is 1.35. The van der Waals surface area contributed by atoms with E-state index in [2.05, 4.69) is 20.3 Å². The Morgan fingerprint density at radius 3 is 2.65 bits per heavy atom. The fourth-order valence-corrected chi connectivity index (χ4v) is 4.66. The molecule has 1 fully saturated rings. The molecule has 1 saturated heterocycles. The first kappa shape index (κ1) is 27.4. The molecule has 210 valence electrons. The molecular weight excluding hydrogens is 544 g/mol. The van der Waals surface area contributed by atoms with Gasteiger partial charge in [-0.1, -0.05) is 11.6 Å². The number of anilines is 1. The largest absolute Gasteiger partial charge is 0.497 e. The van der Waals surface area contributed by atoms with E-state index in [1.54, 1.807) is 32.4 Å². The normalized spacial score (nSPS) is 20.4. The molecule has 3 heterocycles. The van der Waals surface area contributed by atoms with Crippen LogP contribution in [0.1, 0.15) is 17.4 Å². The third-order valence-corrected chi connectivity index (χ3v) is 6.77. The van der Waals surface area contributed by atoms with Crippen molar-refractivity contribution in [1.29, 1.82) is 0 Å². The van der Waals surface area contributed by atoms with Crippen LogP contribution in [-0.4, -0.2) is 68.2 Å². The maximum absolute atomic E-state index is 11.4. The Morgan fingerprint density at radius 2 is 1.93 bits per heavy atom. The van der Waals surface area contributed by atoms with E-state index in [0.717, 1.165) is 11.1 Å². The number of methoxy groups -OCH3 is 2. The second-order valence-electron chi connectivity index (χ2n) is 8.97. The number of halogens is 1. The first-order chi connectivity index (χ1) is 19.3. The van der Waals surface area contributed by atoms with Gasteiger partial charge in [-0.05, 0) is 36.4 Å². The Kier molecular flexibility index (Phi) is 7.89. The second kappa shape index (κ2) is 11.5. The van der Waals surface area contributed by atoms with Crippen molar-refractivity contribution >= 4 is 34.6 Å². The highest BCUT2D eigenvalue weighted by atomic mass is 35.5. The van der Waals surface area contributed by atoms with Crippen molar-refractivity contribution in [2.45, 2.75) is 37.6 Å². The highest BCUT2D eigenvalue weighted by Gasteiger charge is 2.46. The fraction of sp³-hybridized carbons (Fsp3) is 0.308. The molecule has 2 aromatic heterocycles. The van der Waals surface area contributed by atoms with Crippen molar-refractivity contribution in [2.75, 3.05) is 19.5 Å². The lowest BCUT2D eigenvalue weighted by Gasteiger charge is -2.17. The summed E-state index contributed by atoms with van der Waals surface area (Å²) in [6.45, 7) is 0.499. The molecule has 14 heteroatoms. The van der Waals surface area contributed by atoms with Crippen LogP contribution in [0.2, 0.25) is 5.02 Å². The van der Waals surface area contributed by atoms with E-state index in [-0.39, 0.29) is 13.2 Å². The monoisotopic (exact) mass is 570 g/mol. The van der Waals surface area contributed by atoms with Gasteiger partial charge in [-0.2, -0.15) is 0 Å². The highest BCUT2D eigenvalue weighted by molar-refractivity contribution is 6.30. The van der Waals surface area contributed by atoms with E-state index in [1.165, 1.54) is 17.2 Å². The number of aliphatic hydroxyl groups excluding tert-OH is 1. The Labute approximate surface area is 233 Å². The van der Waals surface area contributed by atoms with Crippen LogP contribution in [0.5, 0.6) is 17.2 Å². The number of ether oxygens (including phenoxy) is 4. The summed E-state index contributed by atoms with van der Waals surface area (Å²) >= 11 is 6.28. The number of aliphatic hydroxyl groups is 1. The predicted molar refractivity (Wildman–Crippen MR) is 144 cm³/mol. The van der Waals surface area contributed by atoms with Crippen LogP contribution in [-0.2, 0) is 22.7 Å². The van der Waals surface area contributed by atoms with Crippen LogP contribution >= 0.6 is 11.6 Å². The van der Waals surface area contributed by atoms with Crippen LogP contribution in [0.4, 0.5) is 5.82 Å². The SMILES string of the molecule is COc1ccc(OC)c(COc2ccc(Cl)cc2CNc2ncnc3c2ncn3C2OC(C(=O)O)C(N)C2O)c1. The third kappa shape index (κ3) is 5.31. The third-order valence-electron chi connectivity index (χ3n) is 6.54. The van der Waals surface area contributed by atoms with Crippen molar-refractivity contribution < 1.29 is 34.0 Å². The van der Waals surface area contributed by atoms with Crippen LogP contribution in [0, 0.1) is 0 Å². The number of carbonyl (C=O) groups is 1. The molecular formula is C26H27ClN6O7. The van der Waals surface area contributed by atoms with E-state index >= 15 is 0 Å². The Morgan fingerprint density at radius 1 is 1.12 bits per heavy atom. The van der Waals surface area contributed by atoms with Crippen molar-refractivity contribution in [1.82, 2.24) is 19.5 Å². The lowest BCUT2D eigenvalue weighted by Crippen LogP contribution is -2.43. The number of carboxylic acid groups (broad SMARTS) is 1.